The number of nitrogens with two attached hydrogens (primary N) is 1. The van der Waals surface area contributed by atoms with Crippen LogP contribution in [0.15, 0.2) is 24.3 Å². The molecule has 2 aliphatic heterocycles. The van der Waals surface area contributed by atoms with Gasteiger partial charge in [0.05, 0.1) is 26.2 Å². The molecule has 2 aliphatic rings. The fourth-order valence-electron chi connectivity index (χ4n) is 3.43. The second kappa shape index (κ2) is 5.19. The Morgan fingerprint density at radius 3 is 2.71 bits per heavy atom. The molecule has 2 heteroatoms. The Morgan fingerprint density at radius 2 is 1.88 bits per heavy atom. The average Bonchev–Trinajstić information content (AvgIpc) is 2.40. The minimum atomic E-state index is 0.986. The molecular formula is C15H24N2+2. The molecule has 0 aromatic heterocycles. The van der Waals surface area contributed by atoms with Crippen molar-refractivity contribution in [3.63, 3.8) is 0 Å². The molecular weight excluding hydrogens is 208 g/mol. The van der Waals surface area contributed by atoms with Crippen LogP contribution in [0.4, 0.5) is 0 Å². The summed E-state index contributed by atoms with van der Waals surface area (Å²) in [4.78, 5) is 1.82. The molecule has 3 N–H and O–H groups in total. The van der Waals surface area contributed by atoms with Gasteiger partial charge < -0.3 is 10.2 Å². The van der Waals surface area contributed by atoms with Gasteiger partial charge >= 0.3 is 0 Å². The van der Waals surface area contributed by atoms with Crippen molar-refractivity contribution >= 4 is 0 Å². The van der Waals surface area contributed by atoms with Gasteiger partial charge in [-0.3, -0.25) is 0 Å². The standard InChI is InChI=1S/C15H22N2/c1-2-4-15-12-17(10-7-14(15)3-1)11-13-5-8-16-9-6-13/h1-4,13,16H,5-12H2/p+2. The Labute approximate surface area is 104 Å². The van der Waals surface area contributed by atoms with Crippen molar-refractivity contribution in [3.8, 4) is 0 Å². The molecule has 0 spiro atoms. The Balaban J connectivity index is 1.60. The number of hydrogen-bond donors (Lipinski definition) is 2. The van der Waals surface area contributed by atoms with E-state index >= 15 is 0 Å². The molecule has 1 aromatic rings. The summed E-state index contributed by atoms with van der Waals surface area (Å²) >= 11 is 0. The number of nitrogens with one attached hydrogen (secondary N) is 1. The Kier molecular flexibility index (Phi) is 3.44. The van der Waals surface area contributed by atoms with Gasteiger partial charge in [-0.15, -0.1) is 0 Å². The van der Waals surface area contributed by atoms with Crippen molar-refractivity contribution < 1.29 is 10.2 Å². The van der Waals surface area contributed by atoms with Crippen LogP contribution < -0.4 is 10.2 Å². The third kappa shape index (κ3) is 2.70. The molecule has 2 nitrogen and oxygen atoms in total. The first-order chi connectivity index (χ1) is 8.42. The van der Waals surface area contributed by atoms with Crippen molar-refractivity contribution in [1.82, 2.24) is 0 Å². The molecule has 92 valence electrons. The monoisotopic (exact) mass is 232 g/mol. The van der Waals surface area contributed by atoms with Crippen LogP contribution in [0, 0.1) is 5.92 Å². The lowest BCUT2D eigenvalue weighted by atomic mass is 9.95. The lowest BCUT2D eigenvalue weighted by Crippen LogP contribution is -3.12. The van der Waals surface area contributed by atoms with E-state index in [9.17, 15) is 0 Å². The van der Waals surface area contributed by atoms with Gasteiger partial charge in [0.1, 0.15) is 6.54 Å². The zero-order chi connectivity index (χ0) is 11.5. The molecule has 0 saturated carbocycles. The summed E-state index contributed by atoms with van der Waals surface area (Å²) in [6.45, 7) is 6.72. The van der Waals surface area contributed by atoms with E-state index in [0.717, 1.165) is 5.92 Å². The predicted molar refractivity (Wildman–Crippen MR) is 68.9 cm³/mol. The second-order valence-electron chi connectivity index (χ2n) is 5.71. The van der Waals surface area contributed by atoms with Gasteiger partial charge in [0, 0.05) is 30.7 Å². The van der Waals surface area contributed by atoms with Crippen LogP contribution in [0.3, 0.4) is 0 Å². The van der Waals surface area contributed by atoms with E-state index in [0.29, 0.717) is 0 Å². The second-order valence-corrected chi connectivity index (χ2v) is 5.71. The highest BCUT2D eigenvalue weighted by Gasteiger charge is 2.24. The van der Waals surface area contributed by atoms with Crippen LogP contribution in [0.1, 0.15) is 24.0 Å². The van der Waals surface area contributed by atoms with E-state index in [1.54, 1.807) is 11.1 Å². The SMILES string of the molecule is c1ccc2c(c1)CC[NH+](CC1CC[NH2+]CC1)C2. The smallest absolute Gasteiger partial charge is 0.103 e. The Morgan fingerprint density at radius 1 is 1.12 bits per heavy atom. The maximum absolute atomic E-state index is 2.47. The molecule has 1 aromatic carbocycles. The molecule has 17 heavy (non-hydrogen) atoms. The van der Waals surface area contributed by atoms with Crippen LogP contribution in [-0.2, 0) is 13.0 Å². The van der Waals surface area contributed by atoms with E-state index in [-0.39, 0.29) is 0 Å². The molecule has 1 atom stereocenters. The van der Waals surface area contributed by atoms with Gasteiger partial charge in [0.2, 0.25) is 0 Å². The first-order valence-electron chi connectivity index (χ1n) is 7.14. The number of rotatable bonds is 2. The normalized spacial score (nSPS) is 25.5. The molecule has 2 heterocycles. The van der Waals surface area contributed by atoms with E-state index < -0.39 is 0 Å². The molecule has 3 rings (SSSR count). The molecule has 0 amide bonds. The molecule has 0 bridgehead atoms. The highest BCUT2D eigenvalue weighted by atomic mass is 15.1. The summed E-state index contributed by atoms with van der Waals surface area (Å²) in [7, 11) is 0. The highest BCUT2D eigenvalue weighted by Crippen LogP contribution is 2.12. The fourth-order valence-corrected chi connectivity index (χ4v) is 3.43. The summed E-state index contributed by atoms with van der Waals surface area (Å²) in [6.07, 6.45) is 4.15. The summed E-state index contributed by atoms with van der Waals surface area (Å²) < 4.78 is 0. The van der Waals surface area contributed by atoms with Gasteiger partial charge in [-0.2, -0.15) is 0 Å². The van der Waals surface area contributed by atoms with E-state index in [1.807, 2.05) is 4.90 Å². The maximum Gasteiger partial charge on any atom is 0.103 e. The summed E-state index contributed by atoms with van der Waals surface area (Å²) in [5.41, 5.74) is 3.18. The van der Waals surface area contributed by atoms with Gasteiger partial charge in [-0.05, 0) is 5.56 Å². The number of hydrogen-bond acceptors (Lipinski definition) is 0. The summed E-state index contributed by atoms with van der Waals surface area (Å²) in [5.74, 6) is 0.986. The molecule has 0 radical (unpaired) electrons. The van der Waals surface area contributed by atoms with Crippen molar-refractivity contribution in [2.75, 3.05) is 26.2 Å². The van der Waals surface area contributed by atoms with Crippen LogP contribution in [-0.4, -0.2) is 26.2 Å². The fraction of sp³-hybridized carbons (Fsp3) is 0.600. The zero-order valence-electron chi connectivity index (χ0n) is 10.6. The quantitative estimate of drug-likeness (QED) is 0.692. The number of quaternary nitrogens is 2. The van der Waals surface area contributed by atoms with Crippen molar-refractivity contribution in [3.05, 3.63) is 35.4 Å². The molecule has 1 saturated heterocycles. The topological polar surface area (TPSA) is 21.1 Å². The molecule has 1 fully saturated rings. The first kappa shape index (κ1) is 11.2. The molecule has 1 unspecified atom stereocenters. The summed E-state index contributed by atoms with van der Waals surface area (Å²) in [6, 6.07) is 9.00. The van der Waals surface area contributed by atoms with Gasteiger partial charge in [0.25, 0.3) is 0 Å². The predicted octanol–water partition coefficient (Wildman–Crippen LogP) is -0.399. The molecule has 0 aliphatic carbocycles. The van der Waals surface area contributed by atoms with E-state index in [2.05, 4.69) is 29.6 Å². The Hall–Kier alpha value is -0.860. The van der Waals surface area contributed by atoms with Gasteiger partial charge in [-0.1, -0.05) is 24.3 Å². The van der Waals surface area contributed by atoms with Crippen LogP contribution >= 0.6 is 0 Å². The number of fused-ring (bicyclic) bond motifs is 1. The summed E-state index contributed by atoms with van der Waals surface area (Å²) in [5, 5.41) is 2.47. The van der Waals surface area contributed by atoms with Gasteiger partial charge in [-0.25, -0.2) is 0 Å². The minimum absolute atomic E-state index is 0.986. The van der Waals surface area contributed by atoms with Crippen molar-refractivity contribution in [2.24, 2.45) is 5.92 Å². The van der Waals surface area contributed by atoms with E-state index in [1.165, 1.54) is 52.0 Å². The van der Waals surface area contributed by atoms with Gasteiger partial charge in [0.15, 0.2) is 0 Å². The van der Waals surface area contributed by atoms with Crippen molar-refractivity contribution in [1.29, 1.82) is 0 Å². The minimum Gasteiger partial charge on any atom is -0.346 e. The Bertz CT molecular complexity index is 369. The van der Waals surface area contributed by atoms with Crippen LogP contribution in [0.5, 0.6) is 0 Å². The maximum atomic E-state index is 2.47. The third-order valence-corrected chi connectivity index (χ3v) is 4.44. The lowest BCUT2D eigenvalue weighted by Gasteiger charge is -2.30. The zero-order valence-corrected chi connectivity index (χ0v) is 10.6. The third-order valence-electron chi connectivity index (χ3n) is 4.44. The highest BCUT2D eigenvalue weighted by molar-refractivity contribution is 5.27. The number of benzene rings is 1. The van der Waals surface area contributed by atoms with Crippen molar-refractivity contribution in [2.45, 2.75) is 25.8 Å². The average molecular weight is 232 g/mol. The first-order valence-corrected chi connectivity index (χ1v) is 7.14. The lowest BCUT2D eigenvalue weighted by molar-refractivity contribution is -0.920. The van der Waals surface area contributed by atoms with Crippen LogP contribution in [0.2, 0.25) is 0 Å². The van der Waals surface area contributed by atoms with Crippen LogP contribution in [0.25, 0.3) is 0 Å². The number of piperidine rings is 1. The van der Waals surface area contributed by atoms with E-state index in [4.69, 9.17) is 0 Å². The largest absolute Gasteiger partial charge is 0.346 e.